The molecule has 3 nitrogen and oxygen atoms in total. The number of hydrogen-bond donors (Lipinski definition) is 0. The number of likely N-dealkylation sites (tertiary alicyclic amines) is 1. The van der Waals surface area contributed by atoms with E-state index in [9.17, 15) is 0 Å². The zero-order chi connectivity index (χ0) is 10.1. The van der Waals surface area contributed by atoms with Crippen molar-refractivity contribution in [2.45, 2.75) is 26.8 Å². The molecule has 1 aliphatic rings. The third-order valence-electron chi connectivity index (χ3n) is 2.68. The van der Waals surface area contributed by atoms with Crippen LogP contribution in [0.3, 0.4) is 0 Å². The van der Waals surface area contributed by atoms with Gasteiger partial charge in [0.25, 0.3) is 0 Å². The highest BCUT2D eigenvalue weighted by atomic mass is 15.4. The number of rotatable bonds is 3. The Labute approximate surface area is 85.7 Å². The number of nitrogens with zero attached hydrogens (tertiary/aromatic N) is 3. The molecule has 14 heavy (non-hydrogen) atoms. The highest BCUT2D eigenvalue weighted by molar-refractivity contribution is 4.98. The van der Waals surface area contributed by atoms with E-state index in [-0.39, 0.29) is 0 Å². The molecule has 1 fully saturated rings. The smallest absolute Gasteiger partial charge is 0.0772 e. The first-order valence-electron chi connectivity index (χ1n) is 5.39. The molecular weight excluding hydrogens is 174 g/mol. The number of aromatic nitrogens is 2. The molecule has 0 bridgehead atoms. The normalized spacial score (nSPS) is 18.9. The van der Waals surface area contributed by atoms with E-state index in [1.54, 1.807) is 0 Å². The lowest BCUT2D eigenvalue weighted by Crippen LogP contribution is -2.49. The van der Waals surface area contributed by atoms with Gasteiger partial charge in [-0.15, -0.1) is 0 Å². The van der Waals surface area contributed by atoms with Gasteiger partial charge < -0.3 is 0 Å². The Bertz CT molecular complexity index is 297. The summed E-state index contributed by atoms with van der Waals surface area (Å²) in [5.74, 6) is 0.773. The van der Waals surface area contributed by atoms with Gasteiger partial charge in [-0.3, -0.25) is 9.58 Å². The quantitative estimate of drug-likeness (QED) is 0.728. The molecular formula is C11H19N3. The molecule has 1 saturated heterocycles. The zero-order valence-corrected chi connectivity index (χ0v) is 9.27. The monoisotopic (exact) mass is 193 g/mol. The fraction of sp³-hybridized carbons (Fsp3) is 0.727. The highest BCUT2D eigenvalue weighted by Gasteiger charge is 2.28. The Kier molecular flexibility index (Phi) is 2.59. The van der Waals surface area contributed by atoms with Gasteiger partial charge in [0, 0.05) is 25.8 Å². The molecule has 0 radical (unpaired) electrons. The third kappa shape index (κ3) is 1.98. The van der Waals surface area contributed by atoms with E-state index in [1.807, 2.05) is 6.92 Å². The highest BCUT2D eigenvalue weighted by Crippen LogP contribution is 2.21. The van der Waals surface area contributed by atoms with Crippen molar-refractivity contribution in [2.24, 2.45) is 5.92 Å². The second-order valence-electron chi connectivity index (χ2n) is 4.70. The maximum Gasteiger partial charge on any atom is 0.0772 e. The fourth-order valence-corrected chi connectivity index (χ4v) is 2.01. The van der Waals surface area contributed by atoms with Crippen LogP contribution >= 0.6 is 0 Å². The van der Waals surface area contributed by atoms with Gasteiger partial charge in [0.1, 0.15) is 0 Å². The molecule has 0 unspecified atom stereocenters. The van der Waals surface area contributed by atoms with Crippen molar-refractivity contribution in [1.82, 2.24) is 14.7 Å². The number of aryl methyl sites for hydroxylation is 1. The van der Waals surface area contributed by atoms with E-state index in [0.29, 0.717) is 6.04 Å². The first-order chi connectivity index (χ1) is 6.65. The van der Waals surface area contributed by atoms with Crippen LogP contribution in [0.1, 0.15) is 25.6 Å². The first-order valence-corrected chi connectivity index (χ1v) is 5.39. The van der Waals surface area contributed by atoms with Crippen molar-refractivity contribution in [3.8, 4) is 0 Å². The Morgan fingerprint density at radius 2 is 2.21 bits per heavy atom. The average molecular weight is 193 g/mol. The van der Waals surface area contributed by atoms with E-state index in [0.717, 1.165) is 11.6 Å². The lowest BCUT2D eigenvalue weighted by molar-refractivity contribution is 0.0858. The Morgan fingerprint density at radius 1 is 1.50 bits per heavy atom. The second-order valence-corrected chi connectivity index (χ2v) is 4.70. The summed E-state index contributed by atoms with van der Waals surface area (Å²) in [6.45, 7) is 10.1. The summed E-state index contributed by atoms with van der Waals surface area (Å²) in [6.07, 6.45) is 2.09. The molecule has 0 spiro atoms. The van der Waals surface area contributed by atoms with Gasteiger partial charge >= 0.3 is 0 Å². The van der Waals surface area contributed by atoms with Crippen LogP contribution in [0.25, 0.3) is 0 Å². The van der Waals surface area contributed by atoms with Crippen LogP contribution in [0.15, 0.2) is 12.3 Å². The van der Waals surface area contributed by atoms with Gasteiger partial charge in [0.15, 0.2) is 0 Å². The van der Waals surface area contributed by atoms with Crippen LogP contribution in [0.5, 0.6) is 0 Å². The maximum absolute atomic E-state index is 4.44. The van der Waals surface area contributed by atoms with Crippen LogP contribution in [-0.4, -0.2) is 34.3 Å². The Morgan fingerprint density at radius 3 is 2.71 bits per heavy atom. The molecule has 78 valence electrons. The molecule has 1 aromatic heterocycles. The van der Waals surface area contributed by atoms with Gasteiger partial charge in [0.2, 0.25) is 0 Å². The van der Waals surface area contributed by atoms with E-state index in [4.69, 9.17) is 0 Å². The Balaban J connectivity index is 1.83. The molecule has 0 atom stereocenters. The van der Waals surface area contributed by atoms with Crippen LogP contribution in [0.4, 0.5) is 0 Å². The molecule has 0 aromatic carbocycles. The van der Waals surface area contributed by atoms with E-state index in [1.165, 1.54) is 19.6 Å². The minimum absolute atomic E-state index is 0.613. The predicted molar refractivity (Wildman–Crippen MR) is 57.3 cm³/mol. The van der Waals surface area contributed by atoms with E-state index in [2.05, 4.69) is 40.8 Å². The molecule has 0 saturated carbocycles. The molecule has 1 aromatic rings. The van der Waals surface area contributed by atoms with E-state index >= 15 is 0 Å². The predicted octanol–water partition coefficient (Wildman–Crippen LogP) is 1.70. The van der Waals surface area contributed by atoms with Gasteiger partial charge in [-0.1, -0.05) is 13.8 Å². The van der Waals surface area contributed by atoms with Crippen molar-refractivity contribution in [1.29, 1.82) is 0 Å². The van der Waals surface area contributed by atoms with Crippen LogP contribution < -0.4 is 0 Å². The largest absolute Gasteiger partial charge is 0.299 e. The lowest BCUT2D eigenvalue weighted by Gasteiger charge is -2.40. The summed E-state index contributed by atoms with van der Waals surface area (Å²) in [4.78, 5) is 2.49. The van der Waals surface area contributed by atoms with Gasteiger partial charge in [-0.25, -0.2) is 0 Å². The molecule has 0 N–H and O–H groups in total. The van der Waals surface area contributed by atoms with Crippen molar-refractivity contribution in [3.63, 3.8) is 0 Å². The van der Waals surface area contributed by atoms with E-state index < -0.39 is 0 Å². The standard InChI is InChI=1S/C11H19N3/c1-9(2)6-13-7-11(8-13)14-5-4-10(3)12-14/h4-5,9,11H,6-8H2,1-3H3. The fourth-order valence-electron chi connectivity index (χ4n) is 2.01. The summed E-state index contributed by atoms with van der Waals surface area (Å²) in [5.41, 5.74) is 1.12. The Hall–Kier alpha value is -0.830. The summed E-state index contributed by atoms with van der Waals surface area (Å²) in [6, 6.07) is 2.69. The van der Waals surface area contributed by atoms with Crippen LogP contribution in [0.2, 0.25) is 0 Å². The molecule has 2 rings (SSSR count). The van der Waals surface area contributed by atoms with Crippen LogP contribution in [0, 0.1) is 12.8 Å². The van der Waals surface area contributed by atoms with Crippen molar-refractivity contribution in [3.05, 3.63) is 18.0 Å². The minimum atomic E-state index is 0.613. The molecule has 1 aliphatic heterocycles. The van der Waals surface area contributed by atoms with Crippen molar-refractivity contribution in [2.75, 3.05) is 19.6 Å². The summed E-state index contributed by atoms with van der Waals surface area (Å²) in [5, 5.41) is 4.44. The van der Waals surface area contributed by atoms with Gasteiger partial charge in [-0.2, -0.15) is 5.10 Å². The third-order valence-corrected chi connectivity index (χ3v) is 2.68. The van der Waals surface area contributed by atoms with Crippen LogP contribution in [-0.2, 0) is 0 Å². The zero-order valence-electron chi connectivity index (χ0n) is 9.27. The average Bonchev–Trinajstić information content (AvgIpc) is 2.42. The summed E-state index contributed by atoms with van der Waals surface area (Å²) in [7, 11) is 0. The van der Waals surface area contributed by atoms with Crippen molar-refractivity contribution < 1.29 is 0 Å². The summed E-state index contributed by atoms with van der Waals surface area (Å²) < 4.78 is 2.10. The molecule has 0 aliphatic carbocycles. The maximum atomic E-state index is 4.44. The SMILES string of the molecule is Cc1ccn(C2CN(CC(C)C)C2)n1. The summed E-state index contributed by atoms with van der Waals surface area (Å²) >= 11 is 0. The van der Waals surface area contributed by atoms with Gasteiger partial charge in [0.05, 0.1) is 11.7 Å². The van der Waals surface area contributed by atoms with Crippen molar-refractivity contribution >= 4 is 0 Å². The molecule has 0 amide bonds. The second kappa shape index (κ2) is 3.73. The molecule has 2 heterocycles. The first kappa shape index (κ1) is 9.71. The lowest BCUT2D eigenvalue weighted by atomic mass is 10.1. The molecule has 3 heteroatoms. The van der Waals surface area contributed by atoms with Gasteiger partial charge in [-0.05, 0) is 18.9 Å². The minimum Gasteiger partial charge on any atom is -0.299 e. The number of hydrogen-bond acceptors (Lipinski definition) is 2. The topological polar surface area (TPSA) is 21.1 Å².